The molecule has 0 fully saturated rings. The van der Waals surface area contributed by atoms with E-state index < -0.39 is 33.7 Å². The summed E-state index contributed by atoms with van der Waals surface area (Å²) in [5.74, 6) is -2.92. The van der Waals surface area contributed by atoms with Gasteiger partial charge in [0.2, 0.25) is 0 Å². The molecule has 0 aliphatic heterocycles. The van der Waals surface area contributed by atoms with E-state index in [2.05, 4.69) is 0 Å². The summed E-state index contributed by atoms with van der Waals surface area (Å²) in [7, 11) is 0. The van der Waals surface area contributed by atoms with E-state index in [-0.39, 0.29) is 11.1 Å². The second kappa shape index (κ2) is 4.20. The largest absolute Gasteiger partial charge is 0.478 e. The number of aromatic carboxylic acids is 2. The molecule has 0 heterocycles. The standard InChI is InChI=1S/C10H9NO6/c1-4-5(2)8(10(14)15)6(9(12)13)3-7(4)11(16)17/h3H,1-2H3,(H,12,13)(H,14,15). The normalized spacial score (nSPS) is 10.0. The molecule has 17 heavy (non-hydrogen) atoms. The van der Waals surface area contributed by atoms with E-state index in [1.165, 1.54) is 13.8 Å². The molecule has 0 aromatic heterocycles. The number of hydrogen-bond donors (Lipinski definition) is 2. The van der Waals surface area contributed by atoms with Crippen LogP contribution in [0.15, 0.2) is 6.07 Å². The predicted molar refractivity (Wildman–Crippen MR) is 56.5 cm³/mol. The zero-order valence-corrected chi connectivity index (χ0v) is 9.05. The number of carboxylic acid groups (broad SMARTS) is 2. The summed E-state index contributed by atoms with van der Waals surface area (Å²) in [6.07, 6.45) is 0. The summed E-state index contributed by atoms with van der Waals surface area (Å²) >= 11 is 0. The number of rotatable bonds is 3. The van der Waals surface area contributed by atoms with Crippen molar-refractivity contribution in [3.8, 4) is 0 Å². The fourth-order valence-electron chi connectivity index (χ4n) is 1.53. The highest BCUT2D eigenvalue weighted by atomic mass is 16.6. The number of nitro benzene ring substituents is 1. The molecule has 2 N–H and O–H groups in total. The number of nitro groups is 1. The van der Waals surface area contributed by atoms with E-state index in [0.29, 0.717) is 0 Å². The van der Waals surface area contributed by atoms with Crippen LogP contribution in [0.2, 0.25) is 0 Å². The van der Waals surface area contributed by atoms with Gasteiger partial charge in [0, 0.05) is 11.6 Å². The maximum absolute atomic E-state index is 10.9. The van der Waals surface area contributed by atoms with Gasteiger partial charge < -0.3 is 10.2 Å². The molecule has 1 rings (SSSR count). The molecule has 0 radical (unpaired) electrons. The first-order chi connectivity index (χ1) is 7.77. The molecule has 0 aliphatic carbocycles. The van der Waals surface area contributed by atoms with E-state index in [1.54, 1.807) is 0 Å². The lowest BCUT2D eigenvalue weighted by Gasteiger charge is -2.09. The minimum Gasteiger partial charge on any atom is -0.478 e. The third-order valence-corrected chi connectivity index (χ3v) is 2.51. The minimum absolute atomic E-state index is 0.0871. The number of nitrogens with zero attached hydrogens (tertiary/aromatic N) is 1. The first kappa shape index (κ1) is 12.6. The van der Waals surface area contributed by atoms with Gasteiger partial charge >= 0.3 is 11.9 Å². The highest BCUT2D eigenvalue weighted by Crippen LogP contribution is 2.27. The van der Waals surface area contributed by atoms with Gasteiger partial charge in [-0.25, -0.2) is 9.59 Å². The Hall–Kier alpha value is -2.44. The Labute approximate surface area is 95.5 Å². The van der Waals surface area contributed by atoms with Crippen molar-refractivity contribution < 1.29 is 24.7 Å². The summed E-state index contributed by atoms with van der Waals surface area (Å²) in [5, 5.41) is 28.5. The quantitative estimate of drug-likeness (QED) is 0.611. The Morgan fingerprint density at radius 3 is 2.06 bits per heavy atom. The highest BCUT2D eigenvalue weighted by molar-refractivity contribution is 6.03. The average Bonchev–Trinajstić information content (AvgIpc) is 2.19. The maximum atomic E-state index is 10.9. The van der Waals surface area contributed by atoms with E-state index in [9.17, 15) is 19.7 Å². The monoisotopic (exact) mass is 239 g/mol. The zero-order valence-electron chi connectivity index (χ0n) is 9.05. The Bertz CT molecular complexity index is 534. The number of benzene rings is 1. The van der Waals surface area contributed by atoms with Gasteiger partial charge in [0.05, 0.1) is 16.1 Å². The van der Waals surface area contributed by atoms with Gasteiger partial charge in [-0.15, -0.1) is 0 Å². The van der Waals surface area contributed by atoms with Crippen LogP contribution >= 0.6 is 0 Å². The van der Waals surface area contributed by atoms with Crippen LogP contribution in [0.25, 0.3) is 0 Å². The van der Waals surface area contributed by atoms with E-state index in [1.807, 2.05) is 0 Å². The second-order valence-electron chi connectivity index (χ2n) is 3.44. The van der Waals surface area contributed by atoms with Crippen LogP contribution in [0, 0.1) is 24.0 Å². The van der Waals surface area contributed by atoms with Crippen molar-refractivity contribution >= 4 is 17.6 Å². The summed E-state index contributed by atoms with van der Waals surface area (Å²) < 4.78 is 0. The van der Waals surface area contributed by atoms with Gasteiger partial charge in [0.15, 0.2) is 0 Å². The van der Waals surface area contributed by atoms with Gasteiger partial charge in [-0.3, -0.25) is 10.1 Å². The molecule has 0 unspecified atom stereocenters. The Morgan fingerprint density at radius 2 is 1.71 bits per heavy atom. The lowest BCUT2D eigenvalue weighted by atomic mass is 9.96. The number of carbonyl (C=O) groups is 2. The molecule has 0 saturated carbocycles. The van der Waals surface area contributed by atoms with Gasteiger partial charge in [-0.05, 0) is 19.4 Å². The zero-order chi connectivity index (χ0) is 13.3. The third kappa shape index (κ3) is 2.07. The van der Waals surface area contributed by atoms with Crippen LogP contribution < -0.4 is 0 Å². The molecule has 90 valence electrons. The number of carboxylic acids is 2. The minimum atomic E-state index is -1.51. The molecule has 0 aliphatic rings. The molecule has 0 saturated heterocycles. The van der Waals surface area contributed by atoms with Crippen molar-refractivity contribution in [2.24, 2.45) is 0 Å². The van der Waals surface area contributed by atoms with Crippen LogP contribution in [0.5, 0.6) is 0 Å². The van der Waals surface area contributed by atoms with Gasteiger partial charge in [0.25, 0.3) is 5.69 Å². The van der Waals surface area contributed by atoms with Crippen molar-refractivity contribution in [3.63, 3.8) is 0 Å². The van der Waals surface area contributed by atoms with Crippen molar-refractivity contribution in [1.82, 2.24) is 0 Å². The molecule has 0 spiro atoms. The number of hydrogen-bond acceptors (Lipinski definition) is 4. The molecule has 0 amide bonds. The molecular weight excluding hydrogens is 230 g/mol. The smallest absolute Gasteiger partial charge is 0.336 e. The first-order valence-corrected chi connectivity index (χ1v) is 4.52. The second-order valence-corrected chi connectivity index (χ2v) is 3.44. The lowest BCUT2D eigenvalue weighted by Crippen LogP contribution is -2.12. The van der Waals surface area contributed by atoms with Gasteiger partial charge in [-0.1, -0.05) is 0 Å². The summed E-state index contributed by atoms with van der Waals surface area (Å²) in [4.78, 5) is 31.8. The molecule has 0 atom stereocenters. The van der Waals surface area contributed by atoms with Crippen LogP contribution in [0.1, 0.15) is 31.8 Å². The Morgan fingerprint density at radius 1 is 1.18 bits per heavy atom. The Kier molecular flexibility index (Phi) is 3.12. The highest BCUT2D eigenvalue weighted by Gasteiger charge is 2.26. The van der Waals surface area contributed by atoms with Crippen LogP contribution in [0.4, 0.5) is 5.69 Å². The van der Waals surface area contributed by atoms with Crippen molar-refractivity contribution in [2.45, 2.75) is 13.8 Å². The summed E-state index contributed by atoms with van der Waals surface area (Å²) in [6.45, 7) is 2.73. The van der Waals surface area contributed by atoms with Gasteiger partial charge in [-0.2, -0.15) is 0 Å². The predicted octanol–water partition coefficient (Wildman–Crippen LogP) is 1.61. The summed E-state index contributed by atoms with van der Waals surface area (Å²) in [5.41, 5.74) is -1.15. The maximum Gasteiger partial charge on any atom is 0.336 e. The molecule has 1 aromatic carbocycles. The molecule has 7 nitrogen and oxygen atoms in total. The average molecular weight is 239 g/mol. The first-order valence-electron chi connectivity index (χ1n) is 4.52. The van der Waals surface area contributed by atoms with Gasteiger partial charge in [0.1, 0.15) is 0 Å². The fraction of sp³-hybridized carbons (Fsp3) is 0.200. The van der Waals surface area contributed by atoms with Crippen molar-refractivity contribution in [1.29, 1.82) is 0 Å². The molecule has 0 bridgehead atoms. The fourth-order valence-corrected chi connectivity index (χ4v) is 1.53. The molecular formula is C10H9NO6. The Balaban J connectivity index is 3.75. The van der Waals surface area contributed by atoms with E-state index >= 15 is 0 Å². The van der Waals surface area contributed by atoms with E-state index in [0.717, 1.165) is 6.07 Å². The summed E-state index contributed by atoms with van der Waals surface area (Å²) in [6, 6.07) is 0.772. The SMILES string of the molecule is Cc1c([N+](=O)[O-])cc(C(=O)O)c(C(=O)O)c1C. The van der Waals surface area contributed by atoms with Crippen LogP contribution in [-0.2, 0) is 0 Å². The molecule has 1 aromatic rings. The lowest BCUT2D eigenvalue weighted by molar-refractivity contribution is -0.385. The van der Waals surface area contributed by atoms with Crippen LogP contribution in [-0.4, -0.2) is 27.1 Å². The third-order valence-electron chi connectivity index (χ3n) is 2.51. The van der Waals surface area contributed by atoms with Crippen molar-refractivity contribution in [2.75, 3.05) is 0 Å². The molecule has 7 heteroatoms. The topological polar surface area (TPSA) is 118 Å². The van der Waals surface area contributed by atoms with E-state index in [4.69, 9.17) is 10.2 Å². The van der Waals surface area contributed by atoms with Crippen LogP contribution in [0.3, 0.4) is 0 Å². The van der Waals surface area contributed by atoms with Crippen molar-refractivity contribution in [3.05, 3.63) is 38.4 Å².